The Kier molecular flexibility index (Phi) is 5.11. The van der Waals surface area contributed by atoms with Crippen LogP contribution in [0.25, 0.3) is 0 Å². The molecule has 3 rings (SSSR count). The lowest BCUT2D eigenvalue weighted by molar-refractivity contribution is -0.0553. The van der Waals surface area contributed by atoms with Crippen molar-refractivity contribution >= 4 is 0 Å². The van der Waals surface area contributed by atoms with Crippen molar-refractivity contribution in [2.24, 2.45) is 0 Å². The number of rotatable bonds is 5. The maximum absolute atomic E-state index is 13.6. The molecule has 128 valence electrons. The van der Waals surface area contributed by atoms with Crippen molar-refractivity contribution in [2.45, 2.75) is 32.5 Å². The van der Waals surface area contributed by atoms with Crippen LogP contribution in [0.4, 0.5) is 4.39 Å². The van der Waals surface area contributed by atoms with Crippen LogP contribution in [0.3, 0.4) is 0 Å². The van der Waals surface area contributed by atoms with Gasteiger partial charge in [0.2, 0.25) is 5.88 Å². The molecule has 1 fully saturated rings. The summed E-state index contributed by atoms with van der Waals surface area (Å²) in [5.74, 6) is 0.243. The van der Waals surface area contributed by atoms with Gasteiger partial charge in [-0.25, -0.2) is 9.37 Å². The Balaban J connectivity index is 1.58. The van der Waals surface area contributed by atoms with E-state index < -0.39 is 0 Å². The summed E-state index contributed by atoms with van der Waals surface area (Å²) in [6.45, 7) is 7.80. The molecule has 0 spiro atoms. The van der Waals surface area contributed by atoms with Gasteiger partial charge in [0, 0.05) is 36.5 Å². The van der Waals surface area contributed by atoms with Gasteiger partial charge in [-0.15, -0.1) is 0 Å². The van der Waals surface area contributed by atoms with Gasteiger partial charge in [-0.05, 0) is 25.5 Å². The summed E-state index contributed by atoms with van der Waals surface area (Å²) in [4.78, 5) is 6.73. The summed E-state index contributed by atoms with van der Waals surface area (Å²) >= 11 is 0. The Morgan fingerprint density at radius 1 is 1.25 bits per heavy atom. The highest BCUT2D eigenvalue weighted by Gasteiger charge is 2.30. The second-order valence-electron chi connectivity index (χ2n) is 6.67. The molecule has 2 aromatic rings. The SMILES string of the molecule is CC1(C)COCCN1Cc1ccc(OCc2ccccc2F)nc1. The Labute approximate surface area is 142 Å². The lowest BCUT2D eigenvalue weighted by Gasteiger charge is -2.42. The molecule has 5 heteroatoms. The number of ether oxygens (including phenoxy) is 2. The monoisotopic (exact) mass is 330 g/mol. The molecule has 24 heavy (non-hydrogen) atoms. The van der Waals surface area contributed by atoms with Gasteiger partial charge in [0.05, 0.1) is 13.2 Å². The fourth-order valence-corrected chi connectivity index (χ4v) is 2.76. The largest absolute Gasteiger partial charge is 0.473 e. The quantitative estimate of drug-likeness (QED) is 0.841. The average Bonchev–Trinajstić information content (AvgIpc) is 2.57. The average molecular weight is 330 g/mol. The fraction of sp³-hybridized carbons (Fsp3) is 0.421. The van der Waals surface area contributed by atoms with Gasteiger partial charge in [0.25, 0.3) is 0 Å². The summed E-state index contributed by atoms with van der Waals surface area (Å²) in [5.41, 5.74) is 1.68. The van der Waals surface area contributed by atoms with E-state index in [-0.39, 0.29) is 18.0 Å². The van der Waals surface area contributed by atoms with Crippen LogP contribution >= 0.6 is 0 Å². The number of nitrogens with zero attached hydrogens (tertiary/aromatic N) is 2. The van der Waals surface area contributed by atoms with E-state index in [9.17, 15) is 4.39 Å². The lowest BCUT2D eigenvalue weighted by Crippen LogP contribution is -2.52. The third kappa shape index (κ3) is 4.10. The zero-order valence-corrected chi connectivity index (χ0v) is 14.2. The molecule has 0 N–H and O–H groups in total. The van der Waals surface area contributed by atoms with Crippen LogP contribution in [0.5, 0.6) is 5.88 Å². The van der Waals surface area contributed by atoms with Crippen molar-refractivity contribution in [1.82, 2.24) is 9.88 Å². The van der Waals surface area contributed by atoms with E-state index in [1.54, 1.807) is 18.2 Å². The minimum Gasteiger partial charge on any atom is -0.473 e. The number of halogens is 1. The van der Waals surface area contributed by atoms with Gasteiger partial charge in [-0.2, -0.15) is 0 Å². The highest BCUT2D eigenvalue weighted by atomic mass is 19.1. The lowest BCUT2D eigenvalue weighted by atomic mass is 10.0. The van der Waals surface area contributed by atoms with E-state index in [2.05, 4.69) is 23.7 Å². The summed E-state index contributed by atoms with van der Waals surface area (Å²) in [5, 5.41) is 0. The van der Waals surface area contributed by atoms with Crippen molar-refractivity contribution in [3.8, 4) is 5.88 Å². The Morgan fingerprint density at radius 2 is 2.08 bits per heavy atom. The molecule has 0 bridgehead atoms. The molecule has 1 saturated heterocycles. The number of hydrogen-bond donors (Lipinski definition) is 0. The third-order valence-electron chi connectivity index (χ3n) is 4.32. The zero-order valence-electron chi connectivity index (χ0n) is 14.2. The third-order valence-corrected chi connectivity index (χ3v) is 4.32. The molecule has 4 nitrogen and oxygen atoms in total. The van der Waals surface area contributed by atoms with Crippen LogP contribution < -0.4 is 4.74 Å². The predicted octanol–water partition coefficient (Wildman–Crippen LogP) is 3.41. The topological polar surface area (TPSA) is 34.6 Å². The molecule has 0 radical (unpaired) electrons. The van der Waals surface area contributed by atoms with E-state index in [0.29, 0.717) is 11.4 Å². The van der Waals surface area contributed by atoms with E-state index in [1.807, 2.05) is 18.3 Å². The minimum atomic E-state index is -0.260. The van der Waals surface area contributed by atoms with Crippen molar-refractivity contribution in [3.05, 3.63) is 59.5 Å². The van der Waals surface area contributed by atoms with Gasteiger partial charge < -0.3 is 9.47 Å². The highest BCUT2D eigenvalue weighted by Crippen LogP contribution is 2.22. The maximum Gasteiger partial charge on any atom is 0.213 e. The zero-order chi connectivity index (χ0) is 17.0. The second kappa shape index (κ2) is 7.28. The maximum atomic E-state index is 13.6. The van der Waals surface area contributed by atoms with Gasteiger partial charge in [0.15, 0.2) is 0 Å². The van der Waals surface area contributed by atoms with Crippen LogP contribution in [-0.4, -0.2) is 35.2 Å². The Hall–Kier alpha value is -1.98. The molecule has 0 unspecified atom stereocenters. The summed E-state index contributed by atoms with van der Waals surface area (Å²) < 4.78 is 24.7. The molecule has 2 heterocycles. The van der Waals surface area contributed by atoms with Crippen molar-refractivity contribution in [2.75, 3.05) is 19.8 Å². The minimum absolute atomic E-state index is 0.0260. The number of pyridine rings is 1. The number of hydrogen-bond acceptors (Lipinski definition) is 4. The summed E-state index contributed by atoms with van der Waals surface area (Å²) in [6.07, 6.45) is 1.82. The van der Waals surface area contributed by atoms with Crippen LogP contribution in [-0.2, 0) is 17.9 Å². The van der Waals surface area contributed by atoms with Crippen molar-refractivity contribution in [1.29, 1.82) is 0 Å². The van der Waals surface area contributed by atoms with E-state index >= 15 is 0 Å². The first kappa shape index (κ1) is 16.9. The van der Waals surface area contributed by atoms with Gasteiger partial charge in [0.1, 0.15) is 12.4 Å². The number of benzene rings is 1. The van der Waals surface area contributed by atoms with E-state index in [0.717, 1.165) is 31.9 Å². The fourth-order valence-electron chi connectivity index (χ4n) is 2.76. The van der Waals surface area contributed by atoms with Crippen LogP contribution in [0.15, 0.2) is 42.6 Å². The summed E-state index contributed by atoms with van der Waals surface area (Å²) in [6, 6.07) is 10.4. The first-order valence-corrected chi connectivity index (χ1v) is 8.18. The van der Waals surface area contributed by atoms with Gasteiger partial charge in [-0.1, -0.05) is 24.3 Å². The smallest absolute Gasteiger partial charge is 0.213 e. The predicted molar refractivity (Wildman–Crippen MR) is 90.3 cm³/mol. The molecule has 1 aromatic carbocycles. The van der Waals surface area contributed by atoms with Gasteiger partial charge in [-0.3, -0.25) is 4.90 Å². The standard InChI is InChI=1S/C19H23FN2O2/c1-19(2)14-23-10-9-22(19)12-15-7-8-18(21-11-15)24-13-16-5-3-4-6-17(16)20/h3-8,11H,9-10,12-14H2,1-2H3. The molecule has 1 aromatic heterocycles. The molecule has 0 aliphatic carbocycles. The van der Waals surface area contributed by atoms with Gasteiger partial charge >= 0.3 is 0 Å². The highest BCUT2D eigenvalue weighted by molar-refractivity contribution is 5.20. The first-order chi connectivity index (χ1) is 11.5. The van der Waals surface area contributed by atoms with Crippen LogP contribution in [0.2, 0.25) is 0 Å². The normalized spacial score (nSPS) is 17.6. The van der Waals surface area contributed by atoms with E-state index in [4.69, 9.17) is 9.47 Å². The molecule has 0 amide bonds. The Bertz CT molecular complexity index is 673. The molecule has 0 saturated carbocycles. The van der Waals surface area contributed by atoms with E-state index in [1.165, 1.54) is 6.07 Å². The number of morpholine rings is 1. The Morgan fingerprint density at radius 3 is 2.79 bits per heavy atom. The second-order valence-corrected chi connectivity index (χ2v) is 6.67. The van der Waals surface area contributed by atoms with Crippen molar-refractivity contribution in [3.63, 3.8) is 0 Å². The summed E-state index contributed by atoms with van der Waals surface area (Å²) in [7, 11) is 0. The number of aromatic nitrogens is 1. The first-order valence-electron chi connectivity index (χ1n) is 8.18. The van der Waals surface area contributed by atoms with Crippen LogP contribution in [0, 0.1) is 5.82 Å². The molecule has 0 atom stereocenters. The van der Waals surface area contributed by atoms with Crippen molar-refractivity contribution < 1.29 is 13.9 Å². The molecular weight excluding hydrogens is 307 g/mol. The molecular formula is C19H23FN2O2. The molecule has 1 aliphatic heterocycles. The molecule has 1 aliphatic rings. The van der Waals surface area contributed by atoms with Crippen LogP contribution in [0.1, 0.15) is 25.0 Å².